The molecule has 0 aromatic carbocycles. The van der Waals surface area contributed by atoms with Crippen LogP contribution in [0.15, 0.2) is 12.1 Å². The van der Waals surface area contributed by atoms with Gasteiger partial charge in [-0.2, -0.15) is 5.10 Å². The van der Waals surface area contributed by atoms with Gasteiger partial charge in [0.15, 0.2) is 0 Å². The molecule has 0 fully saturated rings. The molecule has 0 spiro atoms. The third-order valence-corrected chi connectivity index (χ3v) is 1.75. The van der Waals surface area contributed by atoms with Gasteiger partial charge in [-0.25, -0.2) is 4.98 Å². The molecule has 0 amide bonds. The Labute approximate surface area is 68.4 Å². The molecule has 0 aliphatic carbocycles. The number of aromatic amines is 1. The number of rotatable bonds is 0. The van der Waals surface area contributed by atoms with Crippen molar-refractivity contribution in [1.82, 2.24) is 15.2 Å². The summed E-state index contributed by atoms with van der Waals surface area (Å²) in [6.07, 6.45) is 0. The summed E-state index contributed by atoms with van der Waals surface area (Å²) in [6.45, 7) is 1.92. The topological polar surface area (TPSA) is 41.6 Å². The minimum Gasteiger partial charge on any atom is -0.280 e. The van der Waals surface area contributed by atoms with Gasteiger partial charge in [0.25, 0.3) is 0 Å². The summed E-state index contributed by atoms with van der Waals surface area (Å²) in [5.74, 6) is 0. The van der Waals surface area contributed by atoms with Crippen molar-refractivity contribution < 1.29 is 0 Å². The number of halogens is 1. The van der Waals surface area contributed by atoms with E-state index in [2.05, 4.69) is 15.2 Å². The largest absolute Gasteiger partial charge is 0.280 e. The highest BCUT2D eigenvalue weighted by Gasteiger charge is 2.01. The fraction of sp³-hybridized carbons (Fsp3) is 0.143. The lowest BCUT2D eigenvalue weighted by molar-refractivity contribution is 1.07. The third-order valence-electron chi connectivity index (χ3n) is 1.54. The number of nitrogens with one attached hydrogen (secondary N) is 1. The molecule has 2 heterocycles. The van der Waals surface area contributed by atoms with Gasteiger partial charge in [0.05, 0.1) is 5.69 Å². The zero-order valence-electron chi connectivity index (χ0n) is 5.93. The zero-order chi connectivity index (χ0) is 7.84. The van der Waals surface area contributed by atoms with Crippen molar-refractivity contribution in [2.75, 3.05) is 0 Å². The molecule has 0 saturated carbocycles. The first kappa shape index (κ1) is 6.61. The Morgan fingerprint density at radius 3 is 3.09 bits per heavy atom. The minimum atomic E-state index is 0.502. The fourth-order valence-corrected chi connectivity index (χ4v) is 1.14. The Morgan fingerprint density at radius 2 is 2.27 bits per heavy atom. The summed E-state index contributed by atoms with van der Waals surface area (Å²) in [5, 5.41) is 7.35. The molecule has 0 aliphatic rings. The number of fused-ring (bicyclic) bond motifs is 1. The summed E-state index contributed by atoms with van der Waals surface area (Å²) in [4.78, 5) is 4.11. The van der Waals surface area contributed by atoms with E-state index in [1.54, 1.807) is 6.07 Å². The van der Waals surface area contributed by atoms with Crippen molar-refractivity contribution in [3.05, 3.63) is 23.0 Å². The lowest BCUT2D eigenvalue weighted by Gasteiger charge is -1.88. The zero-order valence-corrected chi connectivity index (χ0v) is 6.68. The Morgan fingerprint density at radius 1 is 1.45 bits per heavy atom. The lowest BCUT2D eigenvalue weighted by Crippen LogP contribution is -1.76. The Balaban J connectivity index is 2.87. The average Bonchev–Trinajstić information content (AvgIpc) is 2.33. The number of hydrogen-bond acceptors (Lipinski definition) is 2. The highest BCUT2D eigenvalue weighted by atomic mass is 35.5. The molecule has 0 bridgehead atoms. The number of nitrogens with zero attached hydrogens (tertiary/aromatic N) is 2. The van der Waals surface area contributed by atoms with Crippen LogP contribution in [0.2, 0.25) is 5.15 Å². The van der Waals surface area contributed by atoms with Crippen LogP contribution in [0.1, 0.15) is 5.69 Å². The van der Waals surface area contributed by atoms with Crippen molar-refractivity contribution in [3.63, 3.8) is 0 Å². The third kappa shape index (κ3) is 0.973. The normalized spacial score (nSPS) is 10.7. The van der Waals surface area contributed by atoms with Gasteiger partial charge in [-0.05, 0) is 19.1 Å². The number of H-pyrrole nitrogens is 1. The lowest BCUT2D eigenvalue weighted by atomic mass is 10.3. The van der Waals surface area contributed by atoms with Gasteiger partial charge in [-0.1, -0.05) is 11.6 Å². The summed E-state index contributed by atoms with van der Waals surface area (Å²) >= 11 is 5.69. The molecule has 56 valence electrons. The summed E-state index contributed by atoms with van der Waals surface area (Å²) < 4.78 is 0. The van der Waals surface area contributed by atoms with Gasteiger partial charge in [0, 0.05) is 0 Å². The van der Waals surface area contributed by atoms with Gasteiger partial charge in [0.2, 0.25) is 0 Å². The van der Waals surface area contributed by atoms with E-state index in [0.29, 0.717) is 5.15 Å². The van der Waals surface area contributed by atoms with Crippen molar-refractivity contribution in [2.24, 2.45) is 0 Å². The van der Waals surface area contributed by atoms with Gasteiger partial charge in [0.1, 0.15) is 16.2 Å². The molecule has 2 aromatic rings. The number of aromatic nitrogens is 3. The molecule has 2 rings (SSSR count). The molecule has 0 radical (unpaired) electrons. The summed E-state index contributed by atoms with van der Waals surface area (Å²) in [6, 6.07) is 3.57. The molecule has 4 heteroatoms. The molecule has 0 unspecified atom stereocenters. The van der Waals surface area contributed by atoms with Crippen LogP contribution in [0.25, 0.3) is 11.0 Å². The molecular formula is C7H6ClN3. The SMILES string of the molecule is Cc1[nH]nc2ccc(Cl)nc12. The molecule has 11 heavy (non-hydrogen) atoms. The molecule has 0 atom stereocenters. The highest BCUT2D eigenvalue weighted by molar-refractivity contribution is 6.29. The Bertz CT molecular complexity index is 393. The number of aryl methyl sites for hydroxylation is 1. The Hall–Kier alpha value is -1.09. The van der Waals surface area contributed by atoms with Crippen LogP contribution in [0.3, 0.4) is 0 Å². The van der Waals surface area contributed by atoms with Crippen LogP contribution < -0.4 is 0 Å². The van der Waals surface area contributed by atoms with E-state index >= 15 is 0 Å². The van der Waals surface area contributed by atoms with Crippen molar-refractivity contribution in [3.8, 4) is 0 Å². The minimum absolute atomic E-state index is 0.502. The maximum atomic E-state index is 5.69. The average molecular weight is 168 g/mol. The van der Waals surface area contributed by atoms with E-state index < -0.39 is 0 Å². The second kappa shape index (κ2) is 2.20. The molecule has 3 nitrogen and oxygen atoms in total. The van der Waals surface area contributed by atoms with E-state index in [9.17, 15) is 0 Å². The van der Waals surface area contributed by atoms with Crippen LogP contribution >= 0.6 is 11.6 Å². The van der Waals surface area contributed by atoms with E-state index in [1.165, 1.54) is 0 Å². The van der Waals surface area contributed by atoms with Gasteiger partial charge >= 0.3 is 0 Å². The molecule has 2 aromatic heterocycles. The van der Waals surface area contributed by atoms with E-state index in [0.717, 1.165) is 16.7 Å². The van der Waals surface area contributed by atoms with Gasteiger partial charge in [-0.15, -0.1) is 0 Å². The molecule has 1 N–H and O–H groups in total. The molecular weight excluding hydrogens is 162 g/mol. The molecule has 0 saturated heterocycles. The first-order chi connectivity index (χ1) is 5.27. The predicted molar refractivity (Wildman–Crippen MR) is 43.6 cm³/mol. The van der Waals surface area contributed by atoms with Crippen LogP contribution in [0, 0.1) is 6.92 Å². The predicted octanol–water partition coefficient (Wildman–Crippen LogP) is 1.92. The first-order valence-electron chi connectivity index (χ1n) is 3.24. The van der Waals surface area contributed by atoms with Crippen LogP contribution in [0.4, 0.5) is 0 Å². The van der Waals surface area contributed by atoms with Crippen LogP contribution in [-0.4, -0.2) is 15.2 Å². The quantitative estimate of drug-likeness (QED) is 0.609. The molecule has 0 aliphatic heterocycles. The second-order valence-corrected chi connectivity index (χ2v) is 2.74. The van der Waals surface area contributed by atoms with Crippen LogP contribution in [0.5, 0.6) is 0 Å². The van der Waals surface area contributed by atoms with Crippen molar-refractivity contribution >= 4 is 22.6 Å². The number of pyridine rings is 1. The van der Waals surface area contributed by atoms with Gasteiger partial charge < -0.3 is 0 Å². The van der Waals surface area contributed by atoms with E-state index in [4.69, 9.17) is 11.6 Å². The van der Waals surface area contributed by atoms with Gasteiger partial charge in [-0.3, -0.25) is 5.10 Å². The second-order valence-electron chi connectivity index (χ2n) is 2.35. The maximum absolute atomic E-state index is 5.69. The van der Waals surface area contributed by atoms with E-state index in [-0.39, 0.29) is 0 Å². The Kier molecular flexibility index (Phi) is 1.32. The first-order valence-corrected chi connectivity index (χ1v) is 3.62. The van der Waals surface area contributed by atoms with Crippen LogP contribution in [-0.2, 0) is 0 Å². The monoisotopic (exact) mass is 167 g/mol. The fourth-order valence-electron chi connectivity index (χ4n) is 0.991. The summed E-state index contributed by atoms with van der Waals surface area (Å²) in [7, 11) is 0. The van der Waals surface area contributed by atoms with Crippen molar-refractivity contribution in [1.29, 1.82) is 0 Å². The number of hydrogen-bond donors (Lipinski definition) is 1. The van der Waals surface area contributed by atoms with Crippen molar-refractivity contribution in [2.45, 2.75) is 6.92 Å². The maximum Gasteiger partial charge on any atom is 0.129 e. The smallest absolute Gasteiger partial charge is 0.129 e. The standard InChI is InChI=1S/C7H6ClN3/c1-4-7-5(11-10-4)2-3-6(8)9-7/h2-3H,1H3,(H,10,11). The summed E-state index contributed by atoms with van der Waals surface area (Å²) in [5.41, 5.74) is 2.65. The van der Waals surface area contributed by atoms with E-state index in [1.807, 2.05) is 13.0 Å². The highest BCUT2D eigenvalue weighted by Crippen LogP contribution is 2.14.